The van der Waals surface area contributed by atoms with E-state index in [9.17, 15) is 9.59 Å². The molecule has 1 unspecified atom stereocenters. The lowest BCUT2D eigenvalue weighted by atomic mass is 9.92. The smallest absolute Gasteiger partial charge is 0.261 e. The first kappa shape index (κ1) is 26.0. The van der Waals surface area contributed by atoms with Gasteiger partial charge in [-0.1, -0.05) is 57.4 Å². The zero-order valence-electron chi connectivity index (χ0n) is 20.6. The van der Waals surface area contributed by atoms with Crippen molar-refractivity contribution >= 4 is 40.6 Å². The van der Waals surface area contributed by atoms with Crippen molar-refractivity contribution in [2.24, 2.45) is 5.92 Å². The number of hydrogen-bond acceptors (Lipinski definition) is 4. The highest BCUT2D eigenvalue weighted by molar-refractivity contribution is 7.99. The number of carbonyl (C=O) groups excluding carboxylic acids is 2. The number of allylic oxidation sites excluding steroid dienone is 4. The highest BCUT2D eigenvalue weighted by Gasteiger charge is 2.34. The van der Waals surface area contributed by atoms with E-state index in [2.05, 4.69) is 13.8 Å². The van der Waals surface area contributed by atoms with Crippen molar-refractivity contribution in [1.82, 2.24) is 4.90 Å². The summed E-state index contributed by atoms with van der Waals surface area (Å²) in [7, 11) is 0. The van der Waals surface area contributed by atoms with Gasteiger partial charge in [-0.2, -0.15) is 0 Å². The number of amides is 2. The monoisotopic (exact) mass is 476 g/mol. The van der Waals surface area contributed by atoms with Crippen LogP contribution in [0.5, 0.6) is 0 Å². The lowest BCUT2D eigenvalue weighted by molar-refractivity contribution is 0.0580. The molecule has 3 rings (SSSR count). The van der Waals surface area contributed by atoms with Gasteiger partial charge in [0.2, 0.25) is 0 Å². The first-order valence-electron chi connectivity index (χ1n) is 12.4. The van der Waals surface area contributed by atoms with Crippen molar-refractivity contribution in [2.75, 3.05) is 12.3 Å². The normalized spacial score (nSPS) is 14.9. The van der Waals surface area contributed by atoms with Crippen LogP contribution in [0.25, 0.3) is 10.8 Å². The Morgan fingerprint density at radius 1 is 1.09 bits per heavy atom. The molecule has 2 aromatic carbocycles. The molecule has 4 nitrogen and oxygen atoms in total. The Balaban J connectivity index is 1.80. The molecule has 1 aliphatic heterocycles. The van der Waals surface area contributed by atoms with Crippen molar-refractivity contribution in [3.05, 3.63) is 65.3 Å². The number of nitrogens with zero attached hydrogens (tertiary/aromatic N) is 1. The molecule has 1 N–H and O–H groups in total. The van der Waals surface area contributed by atoms with E-state index in [1.54, 1.807) is 11.8 Å². The van der Waals surface area contributed by atoms with Gasteiger partial charge in [0, 0.05) is 34.2 Å². The molecule has 1 aliphatic rings. The number of nitrogens with one attached hydrogen (secondary N) is 1. The highest BCUT2D eigenvalue weighted by Crippen LogP contribution is 2.37. The molecule has 2 amide bonds. The van der Waals surface area contributed by atoms with Crippen LogP contribution >= 0.6 is 11.8 Å². The maximum atomic E-state index is 13.4. The van der Waals surface area contributed by atoms with E-state index in [0.717, 1.165) is 65.5 Å². The van der Waals surface area contributed by atoms with Crippen LogP contribution < -0.4 is 0 Å². The quantitative estimate of drug-likeness (QED) is 0.106. The molecule has 0 saturated heterocycles. The number of thioether (sulfide) groups is 1. The number of unbranched alkanes of at least 4 members (excludes halogenated alkanes) is 1. The van der Waals surface area contributed by atoms with Crippen molar-refractivity contribution < 1.29 is 9.59 Å². The highest BCUT2D eigenvalue weighted by atomic mass is 32.2. The Bertz CT molecular complexity index is 1080. The van der Waals surface area contributed by atoms with E-state index in [4.69, 9.17) is 5.41 Å². The molecule has 0 aromatic heterocycles. The van der Waals surface area contributed by atoms with Crippen LogP contribution in [-0.4, -0.2) is 35.2 Å². The maximum Gasteiger partial charge on any atom is 0.261 e. The Labute approximate surface area is 208 Å². The lowest BCUT2D eigenvalue weighted by Gasteiger charge is -2.30. The van der Waals surface area contributed by atoms with Crippen molar-refractivity contribution in [1.29, 1.82) is 5.41 Å². The van der Waals surface area contributed by atoms with E-state index >= 15 is 0 Å². The van der Waals surface area contributed by atoms with E-state index in [1.807, 2.05) is 55.5 Å². The summed E-state index contributed by atoms with van der Waals surface area (Å²) in [6, 6.07) is 9.76. The second-order valence-corrected chi connectivity index (χ2v) is 9.97. The summed E-state index contributed by atoms with van der Waals surface area (Å²) in [5, 5.41) is 9.10. The van der Waals surface area contributed by atoms with Crippen LogP contribution in [0, 0.1) is 11.3 Å². The molecule has 34 heavy (non-hydrogen) atoms. The summed E-state index contributed by atoms with van der Waals surface area (Å²) >= 11 is 1.76. The zero-order chi connectivity index (χ0) is 24.5. The van der Waals surface area contributed by atoms with Crippen molar-refractivity contribution in [3.63, 3.8) is 0 Å². The third-order valence-corrected chi connectivity index (χ3v) is 7.64. The Morgan fingerprint density at radius 2 is 1.85 bits per heavy atom. The number of imide groups is 1. The van der Waals surface area contributed by atoms with E-state index in [0.29, 0.717) is 23.6 Å². The molecule has 2 aromatic rings. The average Bonchev–Trinajstić information content (AvgIpc) is 2.85. The second kappa shape index (κ2) is 12.7. The molecule has 0 aliphatic carbocycles. The molecule has 1 heterocycles. The molecule has 0 radical (unpaired) electrons. The molecule has 1 atom stereocenters. The molecular formula is C29H36N2O2S. The predicted octanol–water partition coefficient (Wildman–Crippen LogP) is 7.68. The summed E-state index contributed by atoms with van der Waals surface area (Å²) in [5.74, 6) is 0.952. The number of hydrogen-bond donors (Lipinski definition) is 1. The first-order chi connectivity index (χ1) is 16.5. The van der Waals surface area contributed by atoms with Gasteiger partial charge in [-0.15, -0.1) is 11.8 Å². The minimum atomic E-state index is -0.159. The first-order valence-corrected chi connectivity index (χ1v) is 13.4. The molecule has 0 saturated carbocycles. The molecule has 0 bridgehead atoms. The van der Waals surface area contributed by atoms with Crippen LogP contribution in [0.15, 0.2) is 59.0 Å². The Kier molecular flexibility index (Phi) is 9.70. The Hall–Kier alpha value is -2.66. The van der Waals surface area contributed by atoms with Gasteiger partial charge in [0.05, 0.1) is 0 Å². The van der Waals surface area contributed by atoms with Gasteiger partial charge >= 0.3 is 0 Å². The van der Waals surface area contributed by atoms with Gasteiger partial charge < -0.3 is 5.41 Å². The number of benzene rings is 2. The van der Waals surface area contributed by atoms with Crippen LogP contribution in [0.2, 0.25) is 0 Å². The fourth-order valence-corrected chi connectivity index (χ4v) is 5.59. The third-order valence-electron chi connectivity index (χ3n) is 6.48. The summed E-state index contributed by atoms with van der Waals surface area (Å²) in [6.07, 6.45) is 13.4. The number of rotatable bonds is 13. The summed E-state index contributed by atoms with van der Waals surface area (Å²) in [5.41, 5.74) is 2.43. The van der Waals surface area contributed by atoms with Crippen LogP contribution in [-0.2, 0) is 0 Å². The van der Waals surface area contributed by atoms with Gasteiger partial charge in [0.1, 0.15) is 0 Å². The standard InChI is InChI=1S/C29H36N2O2S/c1-4-7-11-21(6-3)20-31-28(32)24-14-8-13-23-26(16-15-25(27(23)24)29(31)33)34-19-9-12-22(10-5-2)17-18-30/h5,8,10,13-18,21,30H,4,6-7,9,11-12,19-20H2,1-3H3/b10-5-,22-17+,30-18?. The van der Waals surface area contributed by atoms with Crippen LogP contribution in [0.1, 0.15) is 80.0 Å². The fourth-order valence-electron chi connectivity index (χ4n) is 4.59. The maximum absolute atomic E-state index is 13.4. The lowest BCUT2D eigenvalue weighted by Crippen LogP contribution is -2.43. The molecule has 5 heteroatoms. The summed E-state index contributed by atoms with van der Waals surface area (Å²) in [6.45, 7) is 6.79. The average molecular weight is 477 g/mol. The summed E-state index contributed by atoms with van der Waals surface area (Å²) in [4.78, 5) is 29.3. The summed E-state index contributed by atoms with van der Waals surface area (Å²) < 4.78 is 0. The van der Waals surface area contributed by atoms with E-state index < -0.39 is 0 Å². The third kappa shape index (κ3) is 5.87. The van der Waals surface area contributed by atoms with Gasteiger partial charge in [-0.25, -0.2) is 0 Å². The van der Waals surface area contributed by atoms with Gasteiger partial charge in [0.25, 0.3) is 11.8 Å². The topological polar surface area (TPSA) is 61.2 Å². The van der Waals surface area contributed by atoms with Crippen LogP contribution in [0.3, 0.4) is 0 Å². The molecule has 180 valence electrons. The molecule has 0 spiro atoms. The van der Waals surface area contributed by atoms with E-state index in [1.165, 1.54) is 11.1 Å². The number of carbonyl (C=O) groups is 2. The minimum Gasteiger partial charge on any atom is -0.309 e. The predicted molar refractivity (Wildman–Crippen MR) is 144 cm³/mol. The van der Waals surface area contributed by atoms with Crippen molar-refractivity contribution in [3.8, 4) is 0 Å². The van der Waals surface area contributed by atoms with Gasteiger partial charge in [-0.3, -0.25) is 14.5 Å². The van der Waals surface area contributed by atoms with Gasteiger partial charge in [-0.05, 0) is 73.1 Å². The van der Waals surface area contributed by atoms with Crippen molar-refractivity contribution in [2.45, 2.75) is 64.2 Å². The zero-order valence-corrected chi connectivity index (χ0v) is 21.4. The van der Waals surface area contributed by atoms with Gasteiger partial charge in [0.15, 0.2) is 0 Å². The SMILES string of the molecule is C/C=C\C(=C/C=N)CCCSc1ccc2c3c(cccc13)C(=O)N(CC(CC)CCCC)C2=O. The largest absolute Gasteiger partial charge is 0.309 e. The fraction of sp³-hybridized carbons (Fsp3) is 0.414. The Morgan fingerprint density at radius 3 is 2.53 bits per heavy atom. The van der Waals surface area contributed by atoms with Crippen LogP contribution in [0.4, 0.5) is 0 Å². The molecule has 0 fully saturated rings. The van der Waals surface area contributed by atoms with E-state index in [-0.39, 0.29) is 11.8 Å². The molecular weight excluding hydrogens is 440 g/mol. The second-order valence-electron chi connectivity index (χ2n) is 8.84. The minimum absolute atomic E-state index is 0.159.